The van der Waals surface area contributed by atoms with E-state index in [1.54, 1.807) is 6.20 Å². The van der Waals surface area contributed by atoms with E-state index in [1.165, 1.54) is 0 Å². The molecule has 3 rings (SSSR count). The van der Waals surface area contributed by atoms with Crippen molar-refractivity contribution in [3.8, 4) is 11.5 Å². The maximum atomic E-state index is 6.09. The topological polar surface area (TPSA) is 43.4 Å². The molecular weight excluding hydrogens is 252 g/mol. The molecule has 1 N–H and O–H groups in total. The van der Waals surface area contributed by atoms with Crippen molar-refractivity contribution in [2.75, 3.05) is 13.2 Å². The molecule has 2 aromatic rings. The Bertz CT molecular complexity index is 559. The fraction of sp³-hybridized carbons (Fsp3) is 0.312. The largest absolute Gasteiger partial charge is 0.486 e. The molecule has 0 bridgehead atoms. The van der Waals surface area contributed by atoms with E-state index in [4.69, 9.17) is 9.47 Å². The third-order valence-corrected chi connectivity index (χ3v) is 3.37. The Morgan fingerprint density at radius 3 is 2.85 bits per heavy atom. The SMILES string of the molecule is CCNC(c1cccnc1)C1COc2ccccc2O1. The number of hydrogen-bond donors (Lipinski definition) is 1. The van der Waals surface area contributed by atoms with E-state index in [0.29, 0.717) is 6.61 Å². The van der Waals surface area contributed by atoms with Crippen LogP contribution < -0.4 is 14.8 Å². The standard InChI is InChI=1S/C16H18N2O2/c1-2-18-16(12-6-5-9-17-10-12)15-11-19-13-7-3-4-8-14(13)20-15/h3-10,15-16,18H,2,11H2,1H3. The van der Waals surface area contributed by atoms with Crippen LogP contribution in [-0.2, 0) is 0 Å². The first-order valence-electron chi connectivity index (χ1n) is 6.90. The van der Waals surface area contributed by atoms with E-state index in [1.807, 2.05) is 36.5 Å². The molecule has 2 atom stereocenters. The molecule has 2 unspecified atom stereocenters. The predicted octanol–water partition coefficient (Wildman–Crippen LogP) is 2.57. The summed E-state index contributed by atoms with van der Waals surface area (Å²) in [5.74, 6) is 1.61. The molecule has 0 radical (unpaired) electrons. The zero-order valence-corrected chi connectivity index (χ0v) is 11.5. The molecule has 1 aromatic carbocycles. The van der Waals surface area contributed by atoms with Crippen molar-refractivity contribution in [3.63, 3.8) is 0 Å². The molecule has 4 heteroatoms. The second kappa shape index (κ2) is 5.92. The number of aromatic nitrogens is 1. The van der Waals surface area contributed by atoms with Gasteiger partial charge in [0.25, 0.3) is 0 Å². The highest BCUT2D eigenvalue weighted by atomic mass is 16.6. The highest BCUT2D eigenvalue weighted by Gasteiger charge is 2.29. The van der Waals surface area contributed by atoms with Crippen LogP contribution in [0.5, 0.6) is 11.5 Å². The van der Waals surface area contributed by atoms with E-state index in [9.17, 15) is 0 Å². The van der Waals surface area contributed by atoms with E-state index in [0.717, 1.165) is 23.6 Å². The highest BCUT2D eigenvalue weighted by molar-refractivity contribution is 5.41. The fourth-order valence-corrected chi connectivity index (χ4v) is 2.44. The summed E-state index contributed by atoms with van der Waals surface area (Å²) in [5.41, 5.74) is 1.11. The van der Waals surface area contributed by atoms with E-state index < -0.39 is 0 Å². The van der Waals surface area contributed by atoms with Gasteiger partial charge in [0.1, 0.15) is 6.61 Å². The Kier molecular flexibility index (Phi) is 3.83. The van der Waals surface area contributed by atoms with Gasteiger partial charge in [-0.05, 0) is 30.3 Å². The number of likely N-dealkylation sites (N-methyl/N-ethyl adjacent to an activating group) is 1. The molecule has 0 saturated heterocycles. The van der Waals surface area contributed by atoms with Crippen molar-refractivity contribution >= 4 is 0 Å². The first-order chi connectivity index (χ1) is 9.88. The van der Waals surface area contributed by atoms with Crippen LogP contribution in [0.15, 0.2) is 48.8 Å². The number of hydrogen-bond acceptors (Lipinski definition) is 4. The quantitative estimate of drug-likeness (QED) is 0.927. The summed E-state index contributed by atoms with van der Waals surface area (Å²) in [5, 5.41) is 3.45. The van der Waals surface area contributed by atoms with Gasteiger partial charge in [-0.3, -0.25) is 4.98 Å². The third-order valence-electron chi connectivity index (χ3n) is 3.37. The Balaban J connectivity index is 1.83. The van der Waals surface area contributed by atoms with Crippen molar-refractivity contribution in [2.24, 2.45) is 0 Å². The molecule has 0 spiro atoms. The van der Waals surface area contributed by atoms with Gasteiger partial charge in [-0.25, -0.2) is 0 Å². The molecule has 104 valence electrons. The summed E-state index contributed by atoms with van der Waals surface area (Å²) < 4.78 is 11.9. The zero-order chi connectivity index (χ0) is 13.8. The molecule has 1 aliphatic heterocycles. The number of fused-ring (bicyclic) bond motifs is 1. The highest BCUT2D eigenvalue weighted by Crippen LogP contribution is 2.34. The molecule has 0 saturated carbocycles. The minimum absolute atomic E-state index is 0.0611. The first kappa shape index (κ1) is 12.9. The Labute approximate surface area is 118 Å². The lowest BCUT2D eigenvalue weighted by atomic mass is 10.0. The molecule has 0 aliphatic carbocycles. The second-order valence-electron chi connectivity index (χ2n) is 4.74. The van der Waals surface area contributed by atoms with Crippen LogP contribution in [0, 0.1) is 0 Å². The Hall–Kier alpha value is -2.07. The van der Waals surface area contributed by atoms with Crippen LogP contribution in [0.2, 0.25) is 0 Å². The van der Waals surface area contributed by atoms with Crippen molar-refractivity contribution in [2.45, 2.75) is 19.1 Å². The Morgan fingerprint density at radius 1 is 1.25 bits per heavy atom. The summed E-state index contributed by atoms with van der Waals surface area (Å²) in [7, 11) is 0. The number of pyridine rings is 1. The van der Waals surface area contributed by atoms with Crippen molar-refractivity contribution in [1.82, 2.24) is 10.3 Å². The van der Waals surface area contributed by atoms with Gasteiger partial charge in [-0.2, -0.15) is 0 Å². The van der Waals surface area contributed by atoms with Crippen LogP contribution in [0.3, 0.4) is 0 Å². The zero-order valence-electron chi connectivity index (χ0n) is 11.5. The van der Waals surface area contributed by atoms with Gasteiger partial charge in [-0.15, -0.1) is 0 Å². The lowest BCUT2D eigenvalue weighted by Gasteiger charge is -2.32. The number of ether oxygens (including phenoxy) is 2. The smallest absolute Gasteiger partial charge is 0.161 e. The minimum atomic E-state index is -0.0611. The molecule has 4 nitrogen and oxygen atoms in total. The van der Waals surface area contributed by atoms with Gasteiger partial charge in [0.15, 0.2) is 17.6 Å². The van der Waals surface area contributed by atoms with Gasteiger partial charge in [-0.1, -0.05) is 25.1 Å². The second-order valence-corrected chi connectivity index (χ2v) is 4.74. The molecule has 0 amide bonds. The van der Waals surface area contributed by atoms with Crippen LogP contribution in [0.25, 0.3) is 0 Å². The van der Waals surface area contributed by atoms with Gasteiger partial charge in [0, 0.05) is 12.4 Å². The minimum Gasteiger partial charge on any atom is -0.486 e. The summed E-state index contributed by atoms with van der Waals surface area (Å²) in [4.78, 5) is 4.19. The summed E-state index contributed by atoms with van der Waals surface area (Å²) in [6.07, 6.45) is 3.59. The number of nitrogens with zero attached hydrogens (tertiary/aromatic N) is 1. The normalized spacial score (nSPS) is 18.6. The number of para-hydroxylation sites is 2. The monoisotopic (exact) mass is 270 g/mol. The summed E-state index contributed by atoms with van der Waals surface area (Å²) in [6, 6.07) is 11.8. The molecule has 1 aliphatic rings. The van der Waals surface area contributed by atoms with Crippen LogP contribution in [0.4, 0.5) is 0 Å². The summed E-state index contributed by atoms with van der Waals surface area (Å²) in [6.45, 7) is 3.48. The summed E-state index contributed by atoms with van der Waals surface area (Å²) >= 11 is 0. The molecular formula is C16H18N2O2. The number of benzene rings is 1. The van der Waals surface area contributed by atoms with Crippen LogP contribution in [-0.4, -0.2) is 24.2 Å². The average molecular weight is 270 g/mol. The maximum Gasteiger partial charge on any atom is 0.161 e. The maximum absolute atomic E-state index is 6.09. The average Bonchev–Trinajstić information content (AvgIpc) is 2.53. The fourth-order valence-electron chi connectivity index (χ4n) is 2.44. The van der Waals surface area contributed by atoms with Gasteiger partial charge in [0.2, 0.25) is 0 Å². The lowest BCUT2D eigenvalue weighted by Crippen LogP contribution is -2.41. The Morgan fingerprint density at radius 2 is 2.10 bits per heavy atom. The number of rotatable bonds is 4. The van der Waals surface area contributed by atoms with E-state index in [-0.39, 0.29) is 12.1 Å². The van der Waals surface area contributed by atoms with Crippen LogP contribution >= 0.6 is 0 Å². The molecule has 2 heterocycles. The predicted molar refractivity (Wildman–Crippen MR) is 77.0 cm³/mol. The van der Waals surface area contributed by atoms with Crippen molar-refractivity contribution < 1.29 is 9.47 Å². The third kappa shape index (κ3) is 2.60. The van der Waals surface area contributed by atoms with E-state index in [2.05, 4.69) is 23.3 Å². The van der Waals surface area contributed by atoms with E-state index >= 15 is 0 Å². The lowest BCUT2D eigenvalue weighted by molar-refractivity contribution is 0.0620. The van der Waals surface area contributed by atoms with Crippen molar-refractivity contribution in [1.29, 1.82) is 0 Å². The molecule has 1 aromatic heterocycles. The molecule has 20 heavy (non-hydrogen) atoms. The number of nitrogens with one attached hydrogen (secondary N) is 1. The van der Waals surface area contributed by atoms with Gasteiger partial charge < -0.3 is 14.8 Å². The van der Waals surface area contributed by atoms with Crippen molar-refractivity contribution in [3.05, 3.63) is 54.4 Å². The van der Waals surface area contributed by atoms with Gasteiger partial charge >= 0.3 is 0 Å². The first-order valence-corrected chi connectivity index (χ1v) is 6.90. The molecule has 0 fully saturated rings. The van der Waals surface area contributed by atoms with Crippen LogP contribution in [0.1, 0.15) is 18.5 Å². The van der Waals surface area contributed by atoms with Gasteiger partial charge in [0.05, 0.1) is 6.04 Å².